The fourth-order valence-corrected chi connectivity index (χ4v) is 5.10. The summed E-state index contributed by atoms with van der Waals surface area (Å²) < 4.78 is 26.8. The standard InChI is InChI=1S/C16H31N3O3S/c17-15(16(20)19-11-4-5-12-19)9-6-10-18-23(21,22)13-14-7-2-1-3-8-14/h14-15,18H,1-13,17H2. The first-order valence-electron chi connectivity index (χ1n) is 8.99. The van der Waals surface area contributed by atoms with E-state index in [2.05, 4.69) is 4.72 Å². The van der Waals surface area contributed by atoms with Crippen LogP contribution in [0, 0.1) is 5.92 Å². The minimum atomic E-state index is -3.20. The lowest BCUT2D eigenvalue weighted by molar-refractivity contribution is -0.131. The highest BCUT2D eigenvalue weighted by Crippen LogP contribution is 2.24. The van der Waals surface area contributed by atoms with Gasteiger partial charge in [-0.1, -0.05) is 19.3 Å². The SMILES string of the molecule is NC(CCCNS(=O)(=O)CC1CCCCC1)C(=O)N1CCCC1. The zero-order valence-corrected chi connectivity index (χ0v) is 14.8. The lowest BCUT2D eigenvalue weighted by atomic mass is 9.91. The smallest absolute Gasteiger partial charge is 0.239 e. The number of carbonyl (C=O) groups excluding carboxylic acids is 1. The molecule has 1 heterocycles. The Bertz CT molecular complexity index is 469. The number of likely N-dealkylation sites (tertiary alicyclic amines) is 1. The summed E-state index contributed by atoms with van der Waals surface area (Å²) in [7, 11) is -3.20. The van der Waals surface area contributed by atoms with Gasteiger partial charge in [-0.25, -0.2) is 13.1 Å². The van der Waals surface area contributed by atoms with E-state index in [-0.39, 0.29) is 11.7 Å². The van der Waals surface area contributed by atoms with Gasteiger partial charge in [0.25, 0.3) is 0 Å². The number of amides is 1. The monoisotopic (exact) mass is 345 g/mol. The van der Waals surface area contributed by atoms with Crippen molar-refractivity contribution in [2.75, 3.05) is 25.4 Å². The predicted octanol–water partition coefficient (Wildman–Crippen LogP) is 1.22. The molecule has 0 aromatic carbocycles. The zero-order valence-electron chi connectivity index (χ0n) is 14.0. The van der Waals surface area contributed by atoms with E-state index in [4.69, 9.17) is 5.73 Å². The molecule has 1 atom stereocenters. The molecule has 6 nitrogen and oxygen atoms in total. The Balaban J connectivity index is 1.62. The summed E-state index contributed by atoms with van der Waals surface area (Å²) in [5, 5.41) is 0. The van der Waals surface area contributed by atoms with Crippen LogP contribution in [0.15, 0.2) is 0 Å². The first kappa shape index (κ1) is 18.7. The van der Waals surface area contributed by atoms with Gasteiger partial charge in [0.05, 0.1) is 11.8 Å². The first-order valence-corrected chi connectivity index (χ1v) is 10.6. The summed E-state index contributed by atoms with van der Waals surface area (Å²) in [4.78, 5) is 13.9. The van der Waals surface area contributed by atoms with Crippen LogP contribution in [0.25, 0.3) is 0 Å². The zero-order chi connectivity index (χ0) is 16.7. The van der Waals surface area contributed by atoms with Gasteiger partial charge in [0.2, 0.25) is 15.9 Å². The second kappa shape index (κ2) is 8.99. The number of nitrogens with zero attached hydrogens (tertiary/aromatic N) is 1. The van der Waals surface area contributed by atoms with E-state index in [9.17, 15) is 13.2 Å². The molecule has 23 heavy (non-hydrogen) atoms. The maximum absolute atomic E-state index is 12.1. The molecule has 2 aliphatic rings. The van der Waals surface area contributed by atoms with Crippen LogP contribution in [0.3, 0.4) is 0 Å². The second-order valence-electron chi connectivity index (χ2n) is 6.96. The molecule has 1 amide bonds. The van der Waals surface area contributed by atoms with Gasteiger partial charge >= 0.3 is 0 Å². The maximum atomic E-state index is 12.1. The molecular formula is C16H31N3O3S. The summed E-state index contributed by atoms with van der Waals surface area (Å²) in [5.74, 6) is 0.555. The Morgan fingerprint density at radius 3 is 2.43 bits per heavy atom. The molecule has 1 unspecified atom stereocenters. The molecular weight excluding hydrogens is 314 g/mol. The number of carbonyl (C=O) groups is 1. The minimum Gasteiger partial charge on any atom is -0.341 e. The van der Waals surface area contributed by atoms with E-state index in [1.165, 1.54) is 6.42 Å². The van der Waals surface area contributed by atoms with Crippen LogP contribution in [-0.2, 0) is 14.8 Å². The summed E-state index contributed by atoms with van der Waals surface area (Å²) >= 11 is 0. The molecule has 2 rings (SSSR count). The Labute approximate surface area is 140 Å². The third kappa shape index (κ3) is 6.39. The van der Waals surface area contributed by atoms with Gasteiger partial charge in [-0.15, -0.1) is 0 Å². The van der Waals surface area contributed by atoms with Gasteiger partial charge in [0, 0.05) is 19.6 Å². The van der Waals surface area contributed by atoms with E-state index in [1.807, 2.05) is 4.90 Å². The second-order valence-corrected chi connectivity index (χ2v) is 8.81. The number of nitrogens with one attached hydrogen (secondary N) is 1. The predicted molar refractivity (Wildman–Crippen MR) is 91.4 cm³/mol. The third-order valence-electron chi connectivity index (χ3n) is 4.93. The quantitative estimate of drug-likeness (QED) is 0.647. The van der Waals surface area contributed by atoms with E-state index in [0.717, 1.165) is 51.6 Å². The van der Waals surface area contributed by atoms with E-state index in [0.29, 0.717) is 25.3 Å². The Hall–Kier alpha value is -0.660. The minimum absolute atomic E-state index is 0.00700. The fraction of sp³-hybridized carbons (Fsp3) is 0.938. The maximum Gasteiger partial charge on any atom is 0.239 e. The van der Waals surface area contributed by atoms with Crippen LogP contribution in [0.2, 0.25) is 0 Å². The summed E-state index contributed by atoms with van der Waals surface area (Å²) in [6.45, 7) is 1.98. The van der Waals surface area contributed by atoms with Crippen molar-refractivity contribution >= 4 is 15.9 Å². The van der Waals surface area contributed by atoms with Crippen LogP contribution < -0.4 is 10.5 Å². The molecule has 7 heteroatoms. The lowest BCUT2D eigenvalue weighted by Gasteiger charge is -2.22. The molecule has 0 radical (unpaired) electrons. The van der Waals surface area contributed by atoms with Crippen LogP contribution in [-0.4, -0.2) is 50.7 Å². The van der Waals surface area contributed by atoms with Crippen LogP contribution >= 0.6 is 0 Å². The van der Waals surface area contributed by atoms with Gasteiger partial charge in [0.1, 0.15) is 0 Å². The number of hydrogen-bond donors (Lipinski definition) is 2. The highest BCUT2D eigenvalue weighted by molar-refractivity contribution is 7.89. The Morgan fingerprint density at radius 1 is 1.13 bits per heavy atom. The normalized spacial score (nSPS) is 21.5. The molecule has 0 aromatic heterocycles. The summed E-state index contributed by atoms with van der Waals surface area (Å²) in [5.41, 5.74) is 5.93. The van der Waals surface area contributed by atoms with Crippen molar-refractivity contribution in [2.24, 2.45) is 11.7 Å². The molecule has 0 bridgehead atoms. The van der Waals surface area contributed by atoms with Crippen molar-refractivity contribution in [1.29, 1.82) is 0 Å². The molecule has 3 N–H and O–H groups in total. The molecule has 0 aromatic rings. The Morgan fingerprint density at radius 2 is 1.78 bits per heavy atom. The topological polar surface area (TPSA) is 92.5 Å². The van der Waals surface area contributed by atoms with Crippen LogP contribution in [0.5, 0.6) is 0 Å². The summed E-state index contributed by atoms with van der Waals surface area (Å²) in [6.07, 6.45) is 8.81. The third-order valence-corrected chi connectivity index (χ3v) is 6.48. The number of sulfonamides is 1. The van der Waals surface area contributed by atoms with E-state index in [1.54, 1.807) is 0 Å². The highest BCUT2D eigenvalue weighted by atomic mass is 32.2. The van der Waals surface area contributed by atoms with Crippen molar-refractivity contribution in [3.8, 4) is 0 Å². The number of rotatable bonds is 8. The van der Waals surface area contributed by atoms with Gasteiger partial charge in [-0.05, 0) is 44.4 Å². The van der Waals surface area contributed by atoms with E-state index >= 15 is 0 Å². The number of nitrogens with two attached hydrogens (primary N) is 1. The highest BCUT2D eigenvalue weighted by Gasteiger charge is 2.24. The van der Waals surface area contributed by atoms with Crippen molar-refractivity contribution in [3.63, 3.8) is 0 Å². The Kier molecular flexibility index (Phi) is 7.30. The van der Waals surface area contributed by atoms with Crippen LogP contribution in [0.1, 0.15) is 57.8 Å². The average molecular weight is 346 g/mol. The van der Waals surface area contributed by atoms with Gasteiger partial charge in [0.15, 0.2) is 0 Å². The first-order chi connectivity index (χ1) is 11.0. The van der Waals surface area contributed by atoms with Crippen molar-refractivity contribution in [3.05, 3.63) is 0 Å². The molecule has 0 spiro atoms. The average Bonchev–Trinajstić information content (AvgIpc) is 3.05. The molecule has 134 valence electrons. The number of hydrogen-bond acceptors (Lipinski definition) is 4. The lowest BCUT2D eigenvalue weighted by Crippen LogP contribution is -2.42. The fourth-order valence-electron chi connectivity index (χ4n) is 3.57. The van der Waals surface area contributed by atoms with Gasteiger partial charge in [-0.2, -0.15) is 0 Å². The van der Waals surface area contributed by atoms with Gasteiger partial charge < -0.3 is 10.6 Å². The van der Waals surface area contributed by atoms with Crippen molar-refractivity contribution < 1.29 is 13.2 Å². The van der Waals surface area contributed by atoms with Gasteiger partial charge in [-0.3, -0.25) is 4.79 Å². The molecule has 2 fully saturated rings. The van der Waals surface area contributed by atoms with Crippen molar-refractivity contribution in [2.45, 2.75) is 63.8 Å². The van der Waals surface area contributed by atoms with Crippen molar-refractivity contribution in [1.82, 2.24) is 9.62 Å². The largest absolute Gasteiger partial charge is 0.341 e. The molecule has 1 aliphatic heterocycles. The van der Waals surface area contributed by atoms with E-state index < -0.39 is 16.1 Å². The molecule has 1 aliphatic carbocycles. The van der Waals surface area contributed by atoms with Crippen LogP contribution in [0.4, 0.5) is 0 Å². The molecule has 1 saturated heterocycles. The molecule has 1 saturated carbocycles. The summed E-state index contributed by atoms with van der Waals surface area (Å²) in [6, 6.07) is -0.504.